The second-order valence-electron chi connectivity index (χ2n) is 6.39. The van der Waals surface area contributed by atoms with Crippen molar-refractivity contribution in [1.82, 2.24) is 10.1 Å². The van der Waals surface area contributed by atoms with Gasteiger partial charge in [-0.05, 0) is 38.0 Å². The number of amides is 3. The van der Waals surface area contributed by atoms with Crippen molar-refractivity contribution in [1.29, 1.82) is 0 Å². The summed E-state index contributed by atoms with van der Waals surface area (Å²) in [6.45, 7) is 2.61. The van der Waals surface area contributed by atoms with E-state index in [1.807, 2.05) is 0 Å². The highest BCUT2D eigenvalue weighted by Crippen LogP contribution is 2.26. The summed E-state index contributed by atoms with van der Waals surface area (Å²) in [6.07, 6.45) is 1.65. The van der Waals surface area contributed by atoms with Crippen LogP contribution in [0.2, 0.25) is 0 Å². The Bertz CT molecular complexity index is 898. The highest BCUT2D eigenvalue weighted by Gasteiger charge is 2.37. The third kappa shape index (κ3) is 2.88. The van der Waals surface area contributed by atoms with Gasteiger partial charge in [-0.1, -0.05) is 5.16 Å². The molecule has 1 saturated heterocycles. The lowest BCUT2D eigenvalue weighted by Crippen LogP contribution is -2.36. The molecule has 8 heteroatoms. The van der Waals surface area contributed by atoms with Crippen molar-refractivity contribution in [2.45, 2.75) is 25.9 Å². The molecule has 1 atom stereocenters. The molecule has 2 aliphatic rings. The van der Waals surface area contributed by atoms with Crippen molar-refractivity contribution in [2.75, 3.05) is 18.5 Å². The number of hydrogen-bond donors (Lipinski definition) is 1. The molecule has 1 N–H and O–H groups in total. The third-order valence-corrected chi connectivity index (χ3v) is 4.51. The fraction of sp³-hybridized carbons (Fsp3) is 0.333. The summed E-state index contributed by atoms with van der Waals surface area (Å²) >= 11 is 0. The number of rotatable bonds is 4. The maximum absolute atomic E-state index is 12.6. The Morgan fingerprint density at radius 3 is 2.77 bits per heavy atom. The van der Waals surface area contributed by atoms with Gasteiger partial charge in [0.1, 0.15) is 5.76 Å². The first kappa shape index (κ1) is 16.5. The van der Waals surface area contributed by atoms with E-state index in [1.54, 1.807) is 13.0 Å². The van der Waals surface area contributed by atoms with Crippen LogP contribution < -0.4 is 5.32 Å². The SMILES string of the molecule is Cc1cc(NC(=O)c2ccc3c(c2)C(=O)N(C[C@H]2CCCO2)C3=O)no1. The van der Waals surface area contributed by atoms with E-state index >= 15 is 0 Å². The van der Waals surface area contributed by atoms with Gasteiger partial charge in [0.15, 0.2) is 5.82 Å². The molecule has 0 saturated carbocycles. The molecule has 26 heavy (non-hydrogen) atoms. The van der Waals surface area contributed by atoms with Crippen LogP contribution in [-0.4, -0.2) is 47.0 Å². The van der Waals surface area contributed by atoms with E-state index in [1.165, 1.54) is 23.1 Å². The van der Waals surface area contributed by atoms with Gasteiger partial charge in [-0.3, -0.25) is 19.3 Å². The van der Waals surface area contributed by atoms with Gasteiger partial charge in [0.05, 0.1) is 23.8 Å². The summed E-state index contributed by atoms with van der Waals surface area (Å²) in [5.74, 6) is -0.318. The van der Waals surface area contributed by atoms with Gasteiger partial charge in [-0.2, -0.15) is 0 Å². The normalized spacial score (nSPS) is 19.1. The Morgan fingerprint density at radius 1 is 1.27 bits per heavy atom. The maximum atomic E-state index is 12.6. The summed E-state index contributed by atoms with van der Waals surface area (Å²) in [5.41, 5.74) is 0.809. The molecule has 0 bridgehead atoms. The minimum atomic E-state index is -0.432. The molecule has 0 radical (unpaired) electrons. The number of anilines is 1. The number of benzene rings is 1. The zero-order chi connectivity index (χ0) is 18.3. The van der Waals surface area contributed by atoms with Crippen LogP contribution in [0.25, 0.3) is 0 Å². The molecule has 0 spiro atoms. The van der Waals surface area contributed by atoms with E-state index in [9.17, 15) is 14.4 Å². The highest BCUT2D eigenvalue weighted by atomic mass is 16.5. The van der Waals surface area contributed by atoms with Crippen molar-refractivity contribution < 1.29 is 23.6 Å². The minimum Gasteiger partial charge on any atom is -0.376 e. The van der Waals surface area contributed by atoms with Crippen LogP contribution in [0.15, 0.2) is 28.8 Å². The van der Waals surface area contributed by atoms with Gasteiger partial charge >= 0.3 is 0 Å². The Hall–Kier alpha value is -3.00. The maximum Gasteiger partial charge on any atom is 0.261 e. The molecular formula is C18H17N3O5. The van der Waals surface area contributed by atoms with E-state index < -0.39 is 11.8 Å². The lowest BCUT2D eigenvalue weighted by molar-refractivity contribution is 0.0475. The molecule has 1 aromatic carbocycles. The minimum absolute atomic E-state index is 0.115. The number of nitrogens with one attached hydrogen (secondary N) is 1. The van der Waals surface area contributed by atoms with Crippen LogP contribution in [0.3, 0.4) is 0 Å². The number of imide groups is 1. The third-order valence-electron chi connectivity index (χ3n) is 4.51. The van der Waals surface area contributed by atoms with Gasteiger partial charge < -0.3 is 14.6 Å². The fourth-order valence-corrected chi connectivity index (χ4v) is 3.20. The van der Waals surface area contributed by atoms with Crippen molar-refractivity contribution in [2.24, 2.45) is 0 Å². The van der Waals surface area contributed by atoms with E-state index in [4.69, 9.17) is 9.26 Å². The molecule has 4 rings (SSSR count). The number of carbonyl (C=O) groups is 3. The highest BCUT2D eigenvalue weighted by molar-refractivity contribution is 6.22. The van der Waals surface area contributed by atoms with Gasteiger partial charge in [0, 0.05) is 18.2 Å². The quantitative estimate of drug-likeness (QED) is 0.842. The summed E-state index contributed by atoms with van der Waals surface area (Å²) in [5, 5.41) is 6.29. The lowest BCUT2D eigenvalue weighted by Gasteiger charge is -2.17. The molecule has 3 amide bonds. The Kier molecular flexibility index (Phi) is 4.04. The predicted molar refractivity (Wildman–Crippen MR) is 90.0 cm³/mol. The number of hydrogen-bond acceptors (Lipinski definition) is 6. The molecule has 3 heterocycles. The van der Waals surface area contributed by atoms with Gasteiger partial charge in [-0.15, -0.1) is 0 Å². The van der Waals surface area contributed by atoms with E-state index in [2.05, 4.69) is 10.5 Å². The Labute approximate surface area is 149 Å². The molecule has 1 aromatic heterocycles. The van der Waals surface area contributed by atoms with E-state index in [0.29, 0.717) is 17.9 Å². The lowest BCUT2D eigenvalue weighted by atomic mass is 10.1. The molecule has 2 aliphatic heterocycles. The van der Waals surface area contributed by atoms with Crippen LogP contribution in [0.1, 0.15) is 49.7 Å². The van der Waals surface area contributed by atoms with Crippen molar-refractivity contribution in [3.8, 4) is 0 Å². The second kappa shape index (κ2) is 6.38. The van der Waals surface area contributed by atoms with E-state index in [0.717, 1.165) is 12.8 Å². The fourth-order valence-electron chi connectivity index (χ4n) is 3.20. The molecule has 134 valence electrons. The summed E-state index contributed by atoms with van der Waals surface area (Å²) in [7, 11) is 0. The summed E-state index contributed by atoms with van der Waals surface area (Å²) in [6, 6.07) is 6.05. The summed E-state index contributed by atoms with van der Waals surface area (Å²) in [4.78, 5) is 38.7. The molecule has 8 nitrogen and oxygen atoms in total. The largest absolute Gasteiger partial charge is 0.376 e. The molecule has 2 aromatic rings. The van der Waals surface area contributed by atoms with Gasteiger partial charge in [0.25, 0.3) is 17.7 Å². The number of fused-ring (bicyclic) bond motifs is 1. The van der Waals surface area contributed by atoms with Crippen LogP contribution >= 0.6 is 0 Å². The Morgan fingerprint density at radius 2 is 2.08 bits per heavy atom. The van der Waals surface area contributed by atoms with Crippen molar-refractivity contribution in [3.05, 3.63) is 46.7 Å². The second-order valence-corrected chi connectivity index (χ2v) is 6.39. The van der Waals surface area contributed by atoms with Crippen molar-refractivity contribution in [3.63, 3.8) is 0 Å². The van der Waals surface area contributed by atoms with Crippen LogP contribution in [0.4, 0.5) is 5.82 Å². The van der Waals surface area contributed by atoms with Crippen LogP contribution in [0, 0.1) is 6.92 Å². The number of aromatic nitrogens is 1. The average Bonchev–Trinajstić information content (AvgIpc) is 3.33. The first-order valence-electron chi connectivity index (χ1n) is 8.39. The topological polar surface area (TPSA) is 102 Å². The number of ether oxygens (including phenoxy) is 1. The number of carbonyl (C=O) groups excluding carboxylic acids is 3. The van der Waals surface area contributed by atoms with Crippen molar-refractivity contribution >= 4 is 23.5 Å². The smallest absolute Gasteiger partial charge is 0.261 e. The molecule has 0 aliphatic carbocycles. The first-order chi connectivity index (χ1) is 12.5. The zero-order valence-electron chi connectivity index (χ0n) is 14.2. The number of nitrogens with zero attached hydrogens (tertiary/aromatic N) is 2. The molecule has 0 unspecified atom stereocenters. The first-order valence-corrected chi connectivity index (χ1v) is 8.39. The Balaban J connectivity index is 1.54. The van der Waals surface area contributed by atoms with Crippen LogP contribution in [-0.2, 0) is 4.74 Å². The van der Waals surface area contributed by atoms with Crippen LogP contribution in [0.5, 0.6) is 0 Å². The zero-order valence-corrected chi connectivity index (χ0v) is 14.2. The van der Waals surface area contributed by atoms with E-state index in [-0.39, 0.29) is 35.5 Å². The monoisotopic (exact) mass is 355 g/mol. The molecular weight excluding hydrogens is 338 g/mol. The van der Waals surface area contributed by atoms with Gasteiger partial charge in [-0.25, -0.2) is 0 Å². The summed E-state index contributed by atoms with van der Waals surface area (Å²) < 4.78 is 10.4. The number of aryl methyl sites for hydroxylation is 1. The predicted octanol–water partition coefficient (Wildman–Crippen LogP) is 2.01. The molecule has 1 fully saturated rings. The average molecular weight is 355 g/mol. The standard InChI is InChI=1S/C18H17N3O5/c1-10-7-15(20-26-10)19-16(22)11-4-5-13-14(8-11)18(24)21(17(13)23)9-12-3-2-6-25-12/h4-5,7-8,12H,2-3,6,9H2,1H3,(H,19,20,22)/t12-/m1/s1. The van der Waals surface area contributed by atoms with Gasteiger partial charge in [0.2, 0.25) is 0 Å².